The van der Waals surface area contributed by atoms with Gasteiger partial charge in [-0.2, -0.15) is 0 Å². The lowest BCUT2D eigenvalue weighted by atomic mass is 9.94. The van der Waals surface area contributed by atoms with Crippen LogP contribution in [0.1, 0.15) is 38.2 Å². The highest BCUT2D eigenvalue weighted by atomic mass is 32.2. The van der Waals surface area contributed by atoms with Crippen molar-refractivity contribution in [2.45, 2.75) is 37.9 Å². The molecule has 6 heteroatoms. The Morgan fingerprint density at radius 2 is 1.65 bits per heavy atom. The largest absolute Gasteiger partial charge is 0.496 e. The molecule has 1 fully saturated rings. The summed E-state index contributed by atoms with van der Waals surface area (Å²) in [7, 11) is -0.107. The monoisotopic (exact) mass is 375 g/mol. The lowest BCUT2D eigenvalue weighted by Crippen LogP contribution is -2.17. The van der Waals surface area contributed by atoms with E-state index in [-0.39, 0.29) is 11.2 Å². The lowest BCUT2D eigenvalue weighted by molar-refractivity contribution is 0.390. The summed E-state index contributed by atoms with van der Waals surface area (Å²) >= 11 is 0. The Morgan fingerprint density at radius 3 is 2.23 bits per heavy atom. The molecule has 1 aliphatic rings. The molecule has 1 saturated carbocycles. The molecule has 3 rings (SSSR count). The molecule has 0 heterocycles. The molecule has 0 aliphatic heterocycles. The molecule has 0 saturated heterocycles. The minimum atomic E-state index is -3.34. The molecular weight excluding hydrogens is 350 g/mol. The van der Waals surface area contributed by atoms with Crippen LogP contribution in [0.5, 0.6) is 11.5 Å². The van der Waals surface area contributed by atoms with Crippen molar-refractivity contribution < 1.29 is 17.9 Å². The summed E-state index contributed by atoms with van der Waals surface area (Å²) in [6, 6.07) is 11.3. The molecule has 1 aliphatic carbocycles. The van der Waals surface area contributed by atoms with Crippen molar-refractivity contribution in [1.82, 2.24) is 0 Å². The number of hydrogen-bond donors (Lipinski definition) is 1. The molecule has 0 amide bonds. The Hall–Kier alpha value is -2.21. The highest BCUT2D eigenvalue weighted by molar-refractivity contribution is 7.93. The second-order valence-electron chi connectivity index (χ2n) is 6.84. The number of sulfonamides is 1. The second-order valence-corrected chi connectivity index (χ2v) is 8.80. The van der Waals surface area contributed by atoms with Crippen molar-refractivity contribution in [2.24, 2.45) is 0 Å². The quantitative estimate of drug-likeness (QED) is 0.779. The van der Waals surface area contributed by atoms with Crippen molar-refractivity contribution in [3.05, 3.63) is 42.0 Å². The fraction of sp³-hybridized carbons (Fsp3) is 0.400. The van der Waals surface area contributed by atoms with Crippen LogP contribution in [0, 0.1) is 0 Å². The van der Waals surface area contributed by atoms with E-state index in [0.717, 1.165) is 35.3 Å². The van der Waals surface area contributed by atoms with E-state index >= 15 is 0 Å². The molecule has 2 aromatic carbocycles. The molecule has 5 nitrogen and oxygen atoms in total. The van der Waals surface area contributed by atoms with Gasteiger partial charge in [0.05, 0.1) is 25.2 Å². The number of anilines is 1. The van der Waals surface area contributed by atoms with Crippen LogP contribution in [0.25, 0.3) is 11.1 Å². The molecule has 1 N–H and O–H groups in total. The highest BCUT2D eigenvalue weighted by Gasteiger charge is 2.36. The molecule has 0 aromatic heterocycles. The van der Waals surface area contributed by atoms with E-state index in [1.807, 2.05) is 30.3 Å². The molecular formula is C20H25NO4S. The van der Waals surface area contributed by atoms with E-state index in [0.29, 0.717) is 11.4 Å². The predicted octanol–water partition coefficient (Wildman–Crippen LogP) is 4.40. The Balaban J connectivity index is 2.13. The molecule has 0 bridgehead atoms. The number of para-hydroxylation sites is 1. The maximum Gasteiger partial charge on any atom is 0.235 e. The van der Waals surface area contributed by atoms with Crippen LogP contribution in [-0.4, -0.2) is 27.9 Å². The van der Waals surface area contributed by atoms with Crippen LogP contribution in [0.4, 0.5) is 5.69 Å². The van der Waals surface area contributed by atoms with Gasteiger partial charge in [0.25, 0.3) is 0 Å². The third-order valence-electron chi connectivity index (χ3n) is 4.61. The van der Waals surface area contributed by atoms with Crippen molar-refractivity contribution in [2.75, 3.05) is 18.9 Å². The van der Waals surface area contributed by atoms with Gasteiger partial charge < -0.3 is 9.47 Å². The third kappa shape index (κ3) is 3.65. The van der Waals surface area contributed by atoms with Crippen molar-refractivity contribution >= 4 is 15.7 Å². The van der Waals surface area contributed by atoms with Crippen LogP contribution >= 0.6 is 0 Å². The summed E-state index contributed by atoms with van der Waals surface area (Å²) in [5.74, 6) is 1.66. The number of rotatable bonds is 7. The van der Waals surface area contributed by atoms with Gasteiger partial charge in [0, 0.05) is 17.2 Å². The van der Waals surface area contributed by atoms with Gasteiger partial charge in [-0.3, -0.25) is 4.72 Å². The zero-order chi connectivity index (χ0) is 18.9. The molecule has 2 aromatic rings. The molecule has 0 atom stereocenters. The SMILES string of the molecule is COc1cc(OC)c(C(C)C)cc1-c1ccccc1NS(=O)(=O)C1CC1. The fourth-order valence-corrected chi connectivity index (χ4v) is 4.42. The van der Waals surface area contributed by atoms with Gasteiger partial charge in [-0.05, 0) is 36.5 Å². The molecule has 140 valence electrons. The lowest BCUT2D eigenvalue weighted by Gasteiger charge is -2.19. The van der Waals surface area contributed by atoms with E-state index in [9.17, 15) is 8.42 Å². The average Bonchev–Trinajstić information content (AvgIpc) is 3.46. The zero-order valence-corrected chi connectivity index (χ0v) is 16.4. The number of nitrogens with one attached hydrogen (secondary N) is 1. The first-order valence-corrected chi connectivity index (χ1v) is 10.3. The minimum absolute atomic E-state index is 0.255. The zero-order valence-electron chi connectivity index (χ0n) is 15.6. The first-order valence-electron chi connectivity index (χ1n) is 8.74. The first kappa shape index (κ1) is 18.6. The van der Waals surface area contributed by atoms with Crippen LogP contribution in [0.2, 0.25) is 0 Å². The summed E-state index contributed by atoms with van der Waals surface area (Å²) in [5.41, 5.74) is 3.24. The van der Waals surface area contributed by atoms with Crippen LogP contribution in [0.3, 0.4) is 0 Å². The predicted molar refractivity (Wildman–Crippen MR) is 105 cm³/mol. The summed E-state index contributed by atoms with van der Waals surface area (Å²) in [6.45, 7) is 4.19. The molecule has 26 heavy (non-hydrogen) atoms. The number of benzene rings is 2. The highest BCUT2D eigenvalue weighted by Crippen LogP contribution is 2.42. The Labute approximate surface area is 155 Å². The maximum absolute atomic E-state index is 12.4. The van der Waals surface area contributed by atoms with Gasteiger partial charge in [-0.25, -0.2) is 8.42 Å². The van der Waals surface area contributed by atoms with Crippen LogP contribution in [-0.2, 0) is 10.0 Å². The standard InChI is InChI=1S/C20H25NO4S/c1-13(2)16-11-17(20(25-4)12-19(16)24-3)15-7-5-6-8-18(15)21-26(22,23)14-9-10-14/h5-8,11-14,21H,9-10H2,1-4H3. The Morgan fingerprint density at radius 1 is 1.00 bits per heavy atom. The van der Waals surface area contributed by atoms with Gasteiger partial charge in [0.15, 0.2) is 0 Å². The van der Waals surface area contributed by atoms with Crippen molar-refractivity contribution in [3.63, 3.8) is 0 Å². The molecule has 0 spiro atoms. The number of hydrogen-bond acceptors (Lipinski definition) is 4. The van der Waals surface area contributed by atoms with E-state index < -0.39 is 10.0 Å². The Kier molecular flexibility index (Phi) is 5.14. The smallest absolute Gasteiger partial charge is 0.235 e. The topological polar surface area (TPSA) is 64.6 Å². The van der Waals surface area contributed by atoms with Gasteiger partial charge >= 0.3 is 0 Å². The van der Waals surface area contributed by atoms with Gasteiger partial charge in [-0.1, -0.05) is 32.0 Å². The van der Waals surface area contributed by atoms with Crippen molar-refractivity contribution in [3.8, 4) is 22.6 Å². The van der Waals surface area contributed by atoms with E-state index in [2.05, 4.69) is 18.6 Å². The average molecular weight is 375 g/mol. The van der Waals surface area contributed by atoms with Crippen LogP contribution < -0.4 is 14.2 Å². The summed E-state index contributed by atoms with van der Waals surface area (Å²) in [6.07, 6.45) is 1.45. The van der Waals surface area contributed by atoms with E-state index in [1.54, 1.807) is 20.3 Å². The number of ether oxygens (including phenoxy) is 2. The molecule has 0 radical (unpaired) electrons. The van der Waals surface area contributed by atoms with E-state index in [4.69, 9.17) is 9.47 Å². The second kappa shape index (κ2) is 7.19. The summed E-state index contributed by atoms with van der Waals surface area (Å²) in [4.78, 5) is 0. The molecule has 0 unspecified atom stereocenters. The van der Waals surface area contributed by atoms with Gasteiger partial charge in [-0.15, -0.1) is 0 Å². The third-order valence-corrected chi connectivity index (χ3v) is 6.46. The number of methoxy groups -OCH3 is 2. The van der Waals surface area contributed by atoms with Gasteiger partial charge in [0.1, 0.15) is 11.5 Å². The van der Waals surface area contributed by atoms with Gasteiger partial charge in [0.2, 0.25) is 10.0 Å². The minimum Gasteiger partial charge on any atom is -0.496 e. The summed E-state index contributed by atoms with van der Waals surface area (Å²) in [5, 5.41) is -0.278. The van der Waals surface area contributed by atoms with E-state index in [1.165, 1.54) is 0 Å². The fourth-order valence-electron chi connectivity index (χ4n) is 3.01. The maximum atomic E-state index is 12.4. The summed E-state index contributed by atoms with van der Waals surface area (Å²) < 4.78 is 38.7. The Bertz CT molecular complexity index is 902. The van der Waals surface area contributed by atoms with Crippen LogP contribution in [0.15, 0.2) is 36.4 Å². The normalized spacial score (nSPS) is 14.3. The first-order chi connectivity index (χ1) is 12.4. The van der Waals surface area contributed by atoms with Crippen molar-refractivity contribution in [1.29, 1.82) is 0 Å².